The van der Waals surface area contributed by atoms with Crippen LogP contribution < -0.4 is 0 Å². The number of rotatable bonds is 61. The number of hydrogen-bond donors (Lipinski definition) is 0. The van der Waals surface area contributed by atoms with Gasteiger partial charge in [0.15, 0.2) is 6.10 Å². The third-order valence-corrected chi connectivity index (χ3v) is 14.6. The molecule has 0 aromatic rings. The van der Waals surface area contributed by atoms with Gasteiger partial charge >= 0.3 is 17.9 Å². The first-order valence-electron chi connectivity index (χ1n) is 33.4. The molecule has 0 rings (SSSR count). The molecule has 0 amide bonds. The summed E-state index contributed by atoms with van der Waals surface area (Å²) in [7, 11) is 0. The summed E-state index contributed by atoms with van der Waals surface area (Å²) in [5.41, 5.74) is 0. The van der Waals surface area contributed by atoms with Crippen molar-refractivity contribution in [2.75, 3.05) is 13.2 Å². The first-order chi connectivity index (χ1) is 38.0. The molecule has 0 fully saturated rings. The maximum Gasteiger partial charge on any atom is 0.306 e. The average Bonchev–Trinajstić information content (AvgIpc) is 3.43. The molecule has 0 aromatic carbocycles. The second-order valence-corrected chi connectivity index (χ2v) is 22.4. The number of carbonyl (C=O) groups is 3. The molecular weight excluding hydrogens is 949 g/mol. The topological polar surface area (TPSA) is 78.9 Å². The van der Waals surface area contributed by atoms with Crippen molar-refractivity contribution in [1.82, 2.24) is 0 Å². The molecule has 6 heteroatoms. The molecule has 0 aliphatic rings. The minimum atomic E-state index is -0.785. The molecule has 0 saturated heterocycles. The zero-order valence-corrected chi connectivity index (χ0v) is 51.2. The molecule has 0 spiro atoms. The Morgan fingerprint density at radius 3 is 0.792 bits per heavy atom. The number of ether oxygens (including phenoxy) is 3. The molecule has 446 valence electrons. The van der Waals surface area contributed by atoms with E-state index in [1.54, 1.807) is 0 Å². The molecule has 6 nitrogen and oxygen atoms in total. The fourth-order valence-electron chi connectivity index (χ4n) is 9.60. The van der Waals surface area contributed by atoms with Crippen molar-refractivity contribution in [2.45, 2.75) is 348 Å². The summed E-state index contributed by atoms with van der Waals surface area (Å²) < 4.78 is 16.9. The summed E-state index contributed by atoms with van der Waals surface area (Å²) in [6, 6.07) is 0. The highest BCUT2D eigenvalue weighted by molar-refractivity contribution is 5.71. The minimum Gasteiger partial charge on any atom is -0.462 e. The van der Waals surface area contributed by atoms with E-state index in [0.717, 1.165) is 96.3 Å². The lowest BCUT2D eigenvalue weighted by Gasteiger charge is -2.18. The van der Waals surface area contributed by atoms with Gasteiger partial charge in [-0.25, -0.2) is 0 Å². The van der Waals surface area contributed by atoms with Crippen LogP contribution in [0.1, 0.15) is 342 Å². The Labute approximate surface area is 478 Å². The predicted molar refractivity (Wildman–Crippen MR) is 335 cm³/mol. The Hall–Kier alpha value is -3.15. The molecule has 0 aromatic heterocycles. The van der Waals surface area contributed by atoms with Crippen LogP contribution in [0.15, 0.2) is 72.9 Å². The molecule has 0 bridgehead atoms. The molecule has 1 atom stereocenters. The highest BCUT2D eigenvalue weighted by Crippen LogP contribution is 2.17. The van der Waals surface area contributed by atoms with E-state index in [2.05, 4.69) is 93.7 Å². The van der Waals surface area contributed by atoms with E-state index in [4.69, 9.17) is 14.2 Å². The molecule has 0 saturated carbocycles. The Morgan fingerprint density at radius 2 is 0.494 bits per heavy atom. The lowest BCUT2D eigenvalue weighted by Crippen LogP contribution is -2.30. The van der Waals surface area contributed by atoms with Crippen LogP contribution in [0.25, 0.3) is 0 Å². The second-order valence-electron chi connectivity index (χ2n) is 22.4. The Bertz CT molecular complexity index is 1420. The van der Waals surface area contributed by atoms with Crippen molar-refractivity contribution in [2.24, 2.45) is 0 Å². The van der Waals surface area contributed by atoms with E-state index in [-0.39, 0.29) is 31.1 Å². The molecule has 77 heavy (non-hydrogen) atoms. The van der Waals surface area contributed by atoms with Crippen LogP contribution in [-0.4, -0.2) is 37.2 Å². The number of unbranched alkanes of at least 4 members (excludes halogenated alkanes) is 38. The van der Waals surface area contributed by atoms with Gasteiger partial charge in [0.25, 0.3) is 0 Å². The summed E-state index contributed by atoms with van der Waals surface area (Å²) in [5.74, 6) is -0.886. The standard InChI is InChI=1S/C71H126O6/c1-4-7-10-13-16-19-22-25-27-29-31-33-34-35-36-38-39-41-43-46-49-52-55-58-61-64-70(73)76-67-68(66-75-69(72)63-60-57-54-51-48-45-24-21-18-15-12-9-6-3)77-71(74)65-62-59-56-53-50-47-44-42-40-37-32-30-28-26-23-20-17-14-11-8-5-2/h12,15,21-22,24-25,29-32,34-35,68H,4-11,13-14,16-20,23,26-28,33,36-67H2,1-3H3/b15-12-,24-21-,25-22-,31-29-,32-30-,35-34-. The summed E-state index contributed by atoms with van der Waals surface area (Å²) in [6.07, 6.45) is 84.8. The molecule has 0 N–H and O–H groups in total. The van der Waals surface area contributed by atoms with Gasteiger partial charge in [0.1, 0.15) is 13.2 Å². The number of allylic oxidation sites excluding steroid dienone is 12. The van der Waals surface area contributed by atoms with Crippen LogP contribution in [-0.2, 0) is 28.6 Å². The van der Waals surface area contributed by atoms with Crippen LogP contribution in [0.2, 0.25) is 0 Å². The van der Waals surface area contributed by atoms with Gasteiger partial charge in [-0.1, -0.05) is 286 Å². The lowest BCUT2D eigenvalue weighted by atomic mass is 10.0. The fourth-order valence-corrected chi connectivity index (χ4v) is 9.60. The van der Waals surface area contributed by atoms with Gasteiger partial charge in [-0.3, -0.25) is 14.4 Å². The average molecular weight is 1080 g/mol. The van der Waals surface area contributed by atoms with Gasteiger partial charge in [0, 0.05) is 19.3 Å². The fraction of sp³-hybridized carbons (Fsp3) is 0.789. The van der Waals surface area contributed by atoms with E-state index >= 15 is 0 Å². The monoisotopic (exact) mass is 1070 g/mol. The van der Waals surface area contributed by atoms with Crippen LogP contribution in [0.3, 0.4) is 0 Å². The van der Waals surface area contributed by atoms with E-state index in [9.17, 15) is 14.4 Å². The van der Waals surface area contributed by atoms with Gasteiger partial charge in [-0.15, -0.1) is 0 Å². The second kappa shape index (κ2) is 65.4. The summed E-state index contributed by atoms with van der Waals surface area (Å²) >= 11 is 0. The van der Waals surface area contributed by atoms with Gasteiger partial charge in [-0.2, -0.15) is 0 Å². The normalized spacial score (nSPS) is 12.5. The Kier molecular flexibility index (Phi) is 62.7. The van der Waals surface area contributed by atoms with Crippen molar-refractivity contribution < 1.29 is 28.6 Å². The molecular formula is C71H126O6. The molecule has 0 heterocycles. The number of carbonyl (C=O) groups excluding carboxylic acids is 3. The molecule has 1 unspecified atom stereocenters. The predicted octanol–water partition coefficient (Wildman–Crippen LogP) is 22.9. The van der Waals surface area contributed by atoms with Crippen molar-refractivity contribution in [1.29, 1.82) is 0 Å². The molecule has 0 aliphatic heterocycles. The van der Waals surface area contributed by atoms with E-state index < -0.39 is 6.10 Å². The minimum absolute atomic E-state index is 0.0813. The summed E-state index contributed by atoms with van der Waals surface area (Å²) in [6.45, 7) is 6.59. The third kappa shape index (κ3) is 63.6. The van der Waals surface area contributed by atoms with Crippen LogP contribution in [0.4, 0.5) is 0 Å². The van der Waals surface area contributed by atoms with Gasteiger partial charge in [0.05, 0.1) is 0 Å². The first-order valence-corrected chi connectivity index (χ1v) is 33.4. The van der Waals surface area contributed by atoms with Crippen molar-refractivity contribution in [3.8, 4) is 0 Å². The maximum absolute atomic E-state index is 12.9. The largest absolute Gasteiger partial charge is 0.462 e. The van der Waals surface area contributed by atoms with Crippen LogP contribution in [0.5, 0.6) is 0 Å². The smallest absolute Gasteiger partial charge is 0.306 e. The number of esters is 3. The highest BCUT2D eigenvalue weighted by Gasteiger charge is 2.19. The van der Waals surface area contributed by atoms with E-state index in [1.165, 1.54) is 205 Å². The van der Waals surface area contributed by atoms with E-state index in [1.807, 2.05) is 0 Å². The van der Waals surface area contributed by atoms with Gasteiger partial charge < -0.3 is 14.2 Å². The number of hydrogen-bond acceptors (Lipinski definition) is 6. The quantitative estimate of drug-likeness (QED) is 0.0261. The van der Waals surface area contributed by atoms with Gasteiger partial charge in [-0.05, 0) is 109 Å². The zero-order chi connectivity index (χ0) is 55.7. The lowest BCUT2D eigenvalue weighted by molar-refractivity contribution is -0.167. The van der Waals surface area contributed by atoms with Crippen molar-refractivity contribution >= 4 is 17.9 Å². The van der Waals surface area contributed by atoms with E-state index in [0.29, 0.717) is 19.3 Å². The summed E-state index contributed by atoms with van der Waals surface area (Å²) in [4.78, 5) is 38.3. The highest BCUT2D eigenvalue weighted by atomic mass is 16.6. The van der Waals surface area contributed by atoms with Crippen molar-refractivity contribution in [3.05, 3.63) is 72.9 Å². The Balaban J connectivity index is 4.31. The van der Waals surface area contributed by atoms with Crippen LogP contribution >= 0.6 is 0 Å². The third-order valence-electron chi connectivity index (χ3n) is 14.6. The van der Waals surface area contributed by atoms with Crippen molar-refractivity contribution in [3.63, 3.8) is 0 Å². The van der Waals surface area contributed by atoms with Gasteiger partial charge in [0.2, 0.25) is 0 Å². The van der Waals surface area contributed by atoms with Crippen LogP contribution in [0, 0.1) is 0 Å². The summed E-state index contributed by atoms with van der Waals surface area (Å²) in [5, 5.41) is 0. The molecule has 0 radical (unpaired) electrons. The first kappa shape index (κ1) is 73.8. The zero-order valence-electron chi connectivity index (χ0n) is 51.2. The maximum atomic E-state index is 12.9. The molecule has 0 aliphatic carbocycles. The Morgan fingerprint density at radius 1 is 0.260 bits per heavy atom. The SMILES string of the molecule is CCC/C=C\C/C=C\CCCCCCCC(=O)OCC(COC(=O)CCCCCCCCCCCC/C=C\C/C=C\C/C=C\CCCCCCC)OC(=O)CCCCCCCCCCC/C=C\CCCCCCCCCC.